The van der Waals surface area contributed by atoms with Crippen molar-refractivity contribution >= 4 is 35.3 Å². The number of nitrogens with zero attached hydrogens (tertiary/aromatic N) is 2. The second-order valence-corrected chi connectivity index (χ2v) is 8.35. The normalized spacial score (nSPS) is 14.5. The van der Waals surface area contributed by atoms with Crippen molar-refractivity contribution in [2.45, 2.75) is 20.5 Å². The highest BCUT2D eigenvalue weighted by molar-refractivity contribution is 6.39. The molecule has 0 saturated carbocycles. The standard InChI is InChI=1S/C27H23N3O7/c1-16-7-9-20(11-17(16)2)29-26(32)22(25(31)28-27(29)33)13-18-8-10-23(24(14-18)36-3)37-15-19-5-4-6-21(12-19)30(34)35/h4-14H,15H2,1-3H3,(H,28,31,33)/b22-13+. The lowest BCUT2D eigenvalue weighted by molar-refractivity contribution is -0.384. The van der Waals surface area contributed by atoms with Gasteiger partial charge in [0, 0.05) is 12.1 Å². The number of nitro groups is 1. The Morgan fingerprint density at radius 3 is 2.46 bits per heavy atom. The van der Waals surface area contributed by atoms with Crippen molar-refractivity contribution in [3.63, 3.8) is 0 Å². The summed E-state index contributed by atoms with van der Waals surface area (Å²) in [6, 6.07) is 15.2. The molecule has 0 unspecified atom stereocenters. The number of hydrogen-bond donors (Lipinski definition) is 1. The van der Waals surface area contributed by atoms with Gasteiger partial charge in [-0.2, -0.15) is 0 Å². The average Bonchev–Trinajstić information content (AvgIpc) is 2.87. The topological polar surface area (TPSA) is 128 Å². The van der Waals surface area contributed by atoms with Gasteiger partial charge in [0.1, 0.15) is 12.2 Å². The van der Waals surface area contributed by atoms with E-state index in [-0.39, 0.29) is 17.9 Å². The maximum absolute atomic E-state index is 13.2. The van der Waals surface area contributed by atoms with E-state index in [1.165, 1.54) is 25.3 Å². The molecule has 1 saturated heterocycles. The Labute approximate surface area is 212 Å². The number of methoxy groups -OCH3 is 1. The monoisotopic (exact) mass is 501 g/mol. The third kappa shape index (κ3) is 5.32. The summed E-state index contributed by atoms with van der Waals surface area (Å²) in [5, 5.41) is 13.2. The number of hydrogen-bond acceptors (Lipinski definition) is 7. The second-order valence-electron chi connectivity index (χ2n) is 8.35. The first-order valence-electron chi connectivity index (χ1n) is 11.2. The molecular weight excluding hydrogens is 478 g/mol. The lowest BCUT2D eigenvalue weighted by Gasteiger charge is -2.26. The van der Waals surface area contributed by atoms with E-state index in [1.807, 2.05) is 13.8 Å². The lowest BCUT2D eigenvalue weighted by Crippen LogP contribution is -2.54. The second kappa shape index (κ2) is 10.3. The number of carbonyl (C=O) groups excluding carboxylic acids is 3. The van der Waals surface area contributed by atoms with Crippen molar-refractivity contribution in [2.75, 3.05) is 12.0 Å². The Bertz CT molecular complexity index is 1460. The fraction of sp³-hybridized carbons (Fsp3) is 0.148. The zero-order valence-electron chi connectivity index (χ0n) is 20.3. The maximum atomic E-state index is 13.2. The van der Waals surface area contributed by atoms with Crippen LogP contribution in [0.25, 0.3) is 6.08 Å². The predicted octanol–water partition coefficient (Wildman–Crippen LogP) is 4.47. The number of ether oxygens (including phenoxy) is 2. The molecule has 4 rings (SSSR count). The third-order valence-corrected chi connectivity index (χ3v) is 5.86. The average molecular weight is 501 g/mol. The minimum absolute atomic E-state index is 0.0428. The van der Waals surface area contributed by atoms with Crippen LogP contribution in [0.5, 0.6) is 11.5 Å². The van der Waals surface area contributed by atoms with Gasteiger partial charge >= 0.3 is 6.03 Å². The van der Waals surface area contributed by atoms with Crippen LogP contribution in [-0.4, -0.2) is 29.9 Å². The van der Waals surface area contributed by atoms with E-state index in [0.29, 0.717) is 28.3 Å². The number of imide groups is 2. The largest absolute Gasteiger partial charge is 0.493 e. The first-order chi connectivity index (χ1) is 17.7. The van der Waals surface area contributed by atoms with Crippen LogP contribution in [0.4, 0.5) is 16.2 Å². The lowest BCUT2D eigenvalue weighted by atomic mass is 10.0. The minimum atomic E-state index is -0.821. The van der Waals surface area contributed by atoms with Gasteiger partial charge in [0.2, 0.25) is 0 Å². The number of carbonyl (C=O) groups is 3. The number of barbiturate groups is 1. The minimum Gasteiger partial charge on any atom is -0.493 e. The molecule has 3 aromatic rings. The molecule has 37 heavy (non-hydrogen) atoms. The van der Waals surface area contributed by atoms with Gasteiger partial charge in [-0.1, -0.05) is 24.3 Å². The molecule has 1 N–H and O–H groups in total. The molecule has 4 amide bonds. The number of non-ortho nitro benzene ring substituents is 1. The Morgan fingerprint density at radius 1 is 0.973 bits per heavy atom. The van der Waals surface area contributed by atoms with Crippen molar-refractivity contribution in [3.05, 3.63) is 98.6 Å². The number of aryl methyl sites for hydroxylation is 2. The molecule has 3 aromatic carbocycles. The quantitative estimate of drug-likeness (QED) is 0.219. The molecule has 0 spiro atoms. The van der Waals surface area contributed by atoms with Crippen molar-refractivity contribution in [3.8, 4) is 11.5 Å². The van der Waals surface area contributed by atoms with Gasteiger partial charge < -0.3 is 9.47 Å². The number of rotatable bonds is 7. The van der Waals surface area contributed by atoms with Gasteiger partial charge in [-0.15, -0.1) is 0 Å². The zero-order valence-corrected chi connectivity index (χ0v) is 20.3. The van der Waals surface area contributed by atoms with Gasteiger partial charge in [0.25, 0.3) is 17.5 Å². The molecule has 1 fully saturated rings. The smallest absolute Gasteiger partial charge is 0.335 e. The fourth-order valence-electron chi connectivity index (χ4n) is 3.74. The van der Waals surface area contributed by atoms with E-state index < -0.39 is 22.8 Å². The molecule has 10 heteroatoms. The van der Waals surface area contributed by atoms with Crippen LogP contribution in [0.15, 0.2) is 66.2 Å². The SMILES string of the molecule is COc1cc(/C=C2\C(=O)NC(=O)N(c3ccc(C)c(C)c3)C2=O)ccc1OCc1cccc([N+](=O)[O-])c1. The van der Waals surface area contributed by atoms with Crippen LogP contribution in [0.2, 0.25) is 0 Å². The van der Waals surface area contributed by atoms with E-state index in [4.69, 9.17) is 9.47 Å². The highest BCUT2D eigenvalue weighted by Crippen LogP contribution is 2.31. The molecule has 0 aliphatic carbocycles. The van der Waals surface area contributed by atoms with Crippen LogP contribution in [-0.2, 0) is 16.2 Å². The maximum Gasteiger partial charge on any atom is 0.335 e. The Kier molecular flexibility index (Phi) is 7.01. The van der Waals surface area contributed by atoms with Crippen molar-refractivity contribution in [1.29, 1.82) is 0 Å². The number of anilines is 1. The van der Waals surface area contributed by atoms with Gasteiger partial charge in [-0.05, 0) is 66.4 Å². The number of nitrogens with one attached hydrogen (secondary N) is 1. The molecule has 0 radical (unpaired) electrons. The van der Waals surface area contributed by atoms with Crippen molar-refractivity contribution in [2.24, 2.45) is 0 Å². The van der Waals surface area contributed by atoms with Crippen LogP contribution >= 0.6 is 0 Å². The Balaban J connectivity index is 1.58. The summed E-state index contributed by atoms with van der Waals surface area (Å²) in [6.45, 7) is 3.84. The Hall–Kier alpha value is -4.99. The summed E-state index contributed by atoms with van der Waals surface area (Å²) >= 11 is 0. The van der Waals surface area contributed by atoms with E-state index in [1.54, 1.807) is 48.5 Å². The predicted molar refractivity (Wildman–Crippen MR) is 135 cm³/mol. The number of nitro benzene ring substituents is 1. The highest BCUT2D eigenvalue weighted by Gasteiger charge is 2.37. The number of urea groups is 1. The first-order valence-corrected chi connectivity index (χ1v) is 11.2. The molecule has 1 aliphatic rings. The fourth-order valence-corrected chi connectivity index (χ4v) is 3.74. The summed E-state index contributed by atoms with van der Waals surface area (Å²) in [5.74, 6) is -0.866. The van der Waals surface area contributed by atoms with Gasteiger partial charge in [0.05, 0.1) is 17.7 Å². The van der Waals surface area contributed by atoms with E-state index in [2.05, 4.69) is 5.32 Å². The number of benzene rings is 3. The van der Waals surface area contributed by atoms with E-state index >= 15 is 0 Å². The van der Waals surface area contributed by atoms with Crippen molar-refractivity contribution < 1.29 is 28.8 Å². The molecule has 188 valence electrons. The molecule has 0 aromatic heterocycles. The highest BCUT2D eigenvalue weighted by atomic mass is 16.6. The molecule has 1 aliphatic heterocycles. The third-order valence-electron chi connectivity index (χ3n) is 5.86. The summed E-state index contributed by atoms with van der Waals surface area (Å²) in [7, 11) is 1.44. The zero-order chi connectivity index (χ0) is 26.7. The molecule has 10 nitrogen and oxygen atoms in total. The van der Waals surface area contributed by atoms with Crippen LogP contribution in [0, 0.1) is 24.0 Å². The summed E-state index contributed by atoms with van der Waals surface area (Å²) in [5.41, 5.74) is 3.05. The molecule has 1 heterocycles. The molecule has 0 atom stereocenters. The summed E-state index contributed by atoms with van der Waals surface area (Å²) in [6.07, 6.45) is 1.37. The molecule has 0 bridgehead atoms. The van der Waals surface area contributed by atoms with Gasteiger partial charge in [-0.25, -0.2) is 9.69 Å². The van der Waals surface area contributed by atoms with Gasteiger partial charge in [-0.3, -0.25) is 25.0 Å². The van der Waals surface area contributed by atoms with E-state index in [9.17, 15) is 24.5 Å². The van der Waals surface area contributed by atoms with E-state index in [0.717, 1.165) is 16.0 Å². The van der Waals surface area contributed by atoms with Crippen LogP contribution in [0.3, 0.4) is 0 Å². The van der Waals surface area contributed by atoms with Gasteiger partial charge in [0.15, 0.2) is 11.5 Å². The summed E-state index contributed by atoms with van der Waals surface area (Å²) in [4.78, 5) is 49.6. The summed E-state index contributed by atoms with van der Waals surface area (Å²) < 4.78 is 11.2. The number of amides is 4. The molecular formula is C27H23N3O7. The van der Waals surface area contributed by atoms with Crippen LogP contribution in [0.1, 0.15) is 22.3 Å². The first kappa shape index (κ1) is 25.1. The Morgan fingerprint density at radius 2 is 1.76 bits per heavy atom. The van der Waals surface area contributed by atoms with Crippen LogP contribution < -0.4 is 19.7 Å². The van der Waals surface area contributed by atoms with Crippen molar-refractivity contribution in [1.82, 2.24) is 5.32 Å².